The zero-order valence-electron chi connectivity index (χ0n) is 9.53. The number of rotatable bonds is 2. The lowest BCUT2D eigenvalue weighted by Crippen LogP contribution is -2.10. The number of methoxy groups -OCH3 is 1. The molecule has 0 spiro atoms. The van der Waals surface area contributed by atoms with Crippen LogP contribution in [0.4, 0.5) is 13.2 Å². The molecule has 0 radical (unpaired) electrons. The monoisotopic (exact) mass is 253 g/mol. The molecule has 0 aliphatic heterocycles. The number of hydrogen-bond acceptors (Lipinski definition) is 2. The Morgan fingerprint density at radius 2 is 1.78 bits per heavy atom. The van der Waals surface area contributed by atoms with Gasteiger partial charge in [0, 0.05) is 5.56 Å². The van der Waals surface area contributed by atoms with Crippen molar-refractivity contribution in [2.75, 3.05) is 7.11 Å². The summed E-state index contributed by atoms with van der Waals surface area (Å²) in [6, 6.07) is 9.64. The molecule has 2 nitrogen and oxygen atoms in total. The zero-order valence-corrected chi connectivity index (χ0v) is 9.53. The van der Waals surface area contributed by atoms with E-state index in [1.165, 1.54) is 13.2 Å². The largest absolute Gasteiger partial charge is 0.495 e. The maximum Gasteiger partial charge on any atom is 0.433 e. The molecule has 18 heavy (non-hydrogen) atoms. The van der Waals surface area contributed by atoms with Crippen LogP contribution in [0.25, 0.3) is 11.1 Å². The summed E-state index contributed by atoms with van der Waals surface area (Å²) in [4.78, 5) is 3.45. The quantitative estimate of drug-likeness (QED) is 0.812. The minimum Gasteiger partial charge on any atom is -0.495 e. The van der Waals surface area contributed by atoms with Crippen LogP contribution in [0.3, 0.4) is 0 Å². The van der Waals surface area contributed by atoms with Crippen molar-refractivity contribution in [3.8, 4) is 16.9 Å². The lowest BCUT2D eigenvalue weighted by atomic mass is 10.0. The van der Waals surface area contributed by atoms with E-state index in [0.29, 0.717) is 11.3 Å². The van der Waals surface area contributed by atoms with Crippen LogP contribution in [-0.4, -0.2) is 12.1 Å². The molecule has 0 saturated heterocycles. The second-order valence-electron chi connectivity index (χ2n) is 3.64. The van der Waals surface area contributed by atoms with Crippen LogP contribution in [0.2, 0.25) is 0 Å². The maximum absolute atomic E-state index is 12.9. The normalized spacial score (nSPS) is 11.3. The number of hydrogen-bond donors (Lipinski definition) is 0. The molecule has 2 rings (SSSR count). The van der Waals surface area contributed by atoms with E-state index in [9.17, 15) is 13.2 Å². The SMILES string of the molecule is COc1cnc(C(F)(F)F)c(-c2ccccc2)c1. The fourth-order valence-electron chi connectivity index (χ4n) is 1.62. The highest BCUT2D eigenvalue weighted by Gasteiger charge is 2.35. The van der Waals surface area contributed by atoms with Crippen LogP contribution >= 0.6 is 0 Å². The van der Waals surface area contributed by atoms with Crippen LogP contribution in [0.1, 0.15) is 5.69 Å². The van der Waals surface area contributed by atoms with Crippen molar-refractivity contribution in [1.82, 2.24) is 4.98 Å². The number of aromatic nitrogens is 1. The number of benzene rings is 1. The first-order valence-corrected chi connectivity index (χ1v) is 5.19. The Labute approximate surface area is 102 Å². The predicted octanol–water partition coefficient (Wildman–Crippen LogP) is 3.78. The predicted molar refractivity (Wildman–Crippen MR) is 61.2 cm³/mol. The Kier molecular flexibility index (Phi) is 3.23. The Morgan fingerprint density at radius 3 is 2.33 bits per heavy atom. The lowest BCUT2D eigenvalue weighted by Gasteiger charge is -2.13. The topological polar surface area (TPSA) is 22.1 Å². The lowest BCUT2D eigenvalue weighted by molar-refractivity contribution is -0.140. The van der Waals surface area contributed by atoms with Crippen LogP contribution < -0.4 is 4.74 Å². The molecule has 1 aromatic heterocycles. The van der Waals surface area contributed by atoms with Crippen molar-refractivity contribution < 1.29 is 17.9 Å². The van der Waals surface area contributed by atoms with Gasteiger partial charge < -0.3 is 4.74 Å². The van der Waals surface area contributed by atoms with E-state index in [1.807, 2.05) is 0 Å². The molecule has 0 amide bonds. The molecule has 0 atom stereocenters. The molecule has 94 valence electrons. The standard InChI is InChI=1S/C13H10F3NO/c1-18-10-7-11(9-5-3-2-4-6-9)12(17-8-10)13(14,15)16/h2-8H,1H3. The number of alkyl halides is 3. The third-order valence-electron chi connectivity index (χ3n) is 2.45. The van der Waals surface area contributed by atoms with E-state index >= 15 is 0 Å². The summed E-state index contributed by atoms with van der Waals surface area (Å²) in [5.74, 6) is 0.293. The Bertz CT molecular complexity index is 538. The number of ether oxygens (including phenoxy) is 1. The highest BCUT2D eigenvalue weighted by Crippen LogP contribution is 2.36. The molecule has 0 N–H and O–H groups in total. The molecule has 1 heterocycles. The van der Waals surface area contributed by atoms with Gasteiger partial charge in [0.05, 0.1) is 13.3 Å². The summed E-state index contributed by atoms with van der Waals surface area (Å²) in [5, 5.41) is 0. The molecule has 0 saturated carbocycles. The zero-order chi connectivity index (χ0) is 13.2. The van der Waals surface area contributed by atoms with Gasteiger partial charge in [-0.05, 0) is 11.6 Å². The Morgan fingerprint density at radius 1 is 1.11 bits per heavy atom. The second kappa shape index (κ2) is 4.68. The molecule has 0 aliphatic rings. The molecule has 0 unspecified atom stereocenters. The van der Waals surface area contributed by atoms with E-state index in [0.717, 1.165) is 6.20 Å². The summed E-state index contributed by atoms with van der Waals surface area (Å²) >= 11 is 0. The molecule has 0 fully saturated rings. The molecule has 2 aromatic rings. The van der Waals surface area contributed by atoms with E-state index in [1.54, 1.807) is 30.3 Å². The van der Waals surface area contributed by atoms with Crippen LogP contribution in [0.5, 0.6) is 5.75 Å². The van der Waals surface area contributed by atoms with Crippen LogP contribution in [0, 0.1) is 0 Å². The third-order valence-corrected chi connectivity index (χ3v) is 2.45. The molecule has 5 heteroatoms. The first-order valence-electron chi connectivity index (χ1n) is 5.19. The van der Waals surface area contributed by atoms with Gasteiger partial charge in [-0.25, -0.2) is 4.98 Å². The van der Waals surface area contributed by atoms with Crippen molar-refractivity contribution in [3.05, 3.63) is 48.3 Å². The highest BCUT2D eigenvalue weighted by atomic mass is 19.4. The summed E-state index contributed by atoms with van der Waals surface area (Å²) in [5.41, 5.74) is -0.437. The second-order valence-corrected chi connectivity index (χ2v) is 3.64. The average molecular weight is 253 g/mol. The Balaban J connectivity index is 2.62. The number of nitrogens with zero attached hydrogens (tertiary/aromatic N) is 1. The average Bonchev–Trinajstić information content (AvgIpc) is 2.38. The summed E-state index contributed by atoms with van der Waals surface area (Å²) in [7, 11) is 1.39. The van der Waals surface area contributed by atoms with Crippen molar-refractivity contribution >= 4 is 0 Å². The highest BCUT2D eigenvalue weighted by molar-refractivity contribution is 5.67. The smallest absolute Gasteiger partial charge is 0.433 e. The van der Waals surface area contributed by atoms with E-state index < -0.39 is 11.9 Å². The van der Waals surface area contributed by atoms with Gasteiger partial charge in [0.15, 0.2) is 5.69 Å². The van der Waals surface area contributed by atoms with Crippen molar-refractivity contribution in [1.29, 1.82) is 0 Å². The van der Waals surface area contributed by atoms with Gasteiger partial charge in [-0.3, -0.25) is 0 Å². The van der Waals surface area contributed by atoms with Gasteiger partial charge in [-0.1, -0.05) is 30.3 Å². The van der Waals surface area contributed by atoms with Crippen molar-refractivity contribution in [2.45, 2.75) is 6.18 Å². The minimum absolute atomic E-state index is 0.0162. The van der Waals surface area contributed by atoms with E-state index in [2.05, 4.69) is 4.98 Å². The van der Waals surface area contributed by atoms with Gasteiger partial charge in [0.2, 0.25) is 0 Å². The van der Waals surface area contributed by atoms with Crippen molar-refractivity contribution in [3.63, 3.8) is 0 Å². The molecule has 0 aliphatic carbocycles. The fraction of sp³-hybridized carbons (Fsp3) is 0.154. The van der Waals surface area contributed by atoms with Gasteiger partial charge in [0.25, 0.3) is 0 Å². The summed E-state index contributed by atoms with van der Waals surface area (Å²) in [6.45, 7) is 0. The molecular formula is C13H10F3NO. The Hall–Kier alpha value is -2.04. The van der Waals surface area contributed by atoms with Gasteiger partial charge in [-0.2, -0.15) is 13.2 Å². The van der Waals surface area contributed by atoms with Gasteiger partial charge in [0.1, 0.15) is 5.75 Å². The van der Waals surface area contributed by atoms with Crippen LogP contribution in [-0.2, 0) is 6.18 Å². The van der Waals surface area contributed by atoms with Crippen molar-refractivity contribution in [2.24, 2.45) is 0 Å². The molecule has 0 bridgehead atoms. The van der Waals surface area contributed by atoms with E-state index in [-0.39, 0.29) is 5.56 Å². The fourth-order valence-corrected chi connectivity index (χ4v) is 1.62. The molecule has 1 aromatic carbocycles. The first kappa shape index (κ1) is 12.4. The third kappa shape index (κ3) is 2.45. The maximum atomic E-state index is 12.9. The van der Waals surface area contributed by atoms with Gasteiger partial charge >= 0.3 is 6.18 Å². The molecular weight excluding hydrogens is 243 g/mol. The number of halogens is 3. The van der Waals surface area contributed by atoms with Gasteiger partial charge in [-0.15, -0.1) is 0 Å². The van der Waals surface area contributed by atoms with Crippen LogP contribution in [0.15, 0.2) is 42.6 Å². The summed E-state index contributed by atoms with van der Waals surface area (Å²) in [6.07, 6.45) is -3.42. The van der Waals surface area contributed by atoms with E-state index in [4.69, 9.17) is 4.74 Å². The first-order chi connectivity index (χ1) is 8.52. The number of pyridine rings is 1. The summed E-state index contributed by atoms with van der Waals surface area (Å²) < 4.78 is 43.5. The minimum atomic E-state index is -4.49.